The second kappa shape index (κ2) is 6.06. The topological polar surface area (TPSA) is 132 Å². The second-order valence-electron chi connectivity index (χ2n) is 6.03. The quantitative estimate of drug-likeness (QED) is 0.555. The van der Waals surface area contributed by atoms with Crippen molar-refractivity contribution in [1.82, 2.24) is 0 Å². The first kappa shape index (κ1) is 19.3. The summed E-state index contributed by atoms with van der Waals surface area (Å²) >= 11 is 0. The first-order chi connectivity index (χ1) is 11.3. The number of non-ortho nitro benzene ring substituents is 1. The van der Waals surface area contributed by atoms with Crippen LogP contribution >= 0.6 is 0 Å². The van der Waals surface area contributed by atoms with Crippen molar-refractivity contribution in [3.05, 3.63) is 33.9 Å². The Labute approximate surface area is 145 Å². The molecule has 1 aliphatic heterocycles. The average Bonchev–Trinajstić information content (AvgIpc) is 2.62. The third kappa shape index (κ3) is 3.01. The fourth-order valence-corrected chi connectivity index (χ4v) is 7.65. The zero-order valence-electron chi connectivity index (χ0n) is 13.9. The molecule has 11 heteroatoms. The Hall–Kier alpha value is -2.01. The smallest absolute Gasteiger partial charge is 0.271 e. The summed E-state index contributed by atoms with van der Waals surface area (Å²) in [5.74, 6) is -0.459. The number of hydrogen-bond donors (Lipinski definition) is 0. The van der Waals surface area contributed by atoms with Crippen LogP contribution in [0.2, 0.25) is 0 Å². The molecule has 1 aliphatic rings. The lowest BCUT2D eigenvalue weighted by Gasteiger charge is -2.31. The Bertz CT molecular complexity index is 919. The van der Waals surface area contributed by atoms with Crippen LogP contribution in [0, 0.1) is 10.1 Å². The Morgan fingerprint density at radius 1 is 1.20 bits per heavy atom. The van der Waals surface area contributed by atoms with E-state index in [-0.39, 0.29) is 36.3 Å². The maximum Gasteiger partial charge on any atom is 0.271 e. The van der Waals surface area contributed by atoms with Crippen LogP contribution in [0.3, 0.4) is 0 Å². The molecule has 0 N–H and O–H groups in total. The first-order valence-corrected chi connectivity index (χ1v) is 11.1. The van der Waals surface area contributed by atoms with Gasteiger partial charge in [-0.05, 0) is 18.9 Å². The molecule has 25 heavy (non-hydrogen) atoms. The van der Waals surface area contributed by atoms with Crippen LogP contribution in [0.4, 0.5) is 11.4 Å². The minimum atomic E-state index is -4.16. The van der Waals surface area contributed by atoms with Gasteiger partial charge >= 0.3 is 0 Å². The summed E-state index contributed by atoms with van der Waals surface area (Å²) in [6.45, 7) is 1.30. The van der Waals surface area contributed by atoms with E-state index in [2.05, 4.69) is 0 Å². The molecule has 0 spiro atoms. The number of benzene rings is 1. The van der Waals surface area contributed by atoms with E-state index < -0.39 is 34.6 Å². The molecule has 1 heterocycles. The van der Waals surface area contributed by atoms with Gasteiger partial charge in [0.1, 0.15) is 0 Å². The predicted molar refractivity (Wildman–Crippen MR) is 91.7 cm³/mol. The largest absolute Gasteiger partial charge is 0.312 e. The van der Waals surface area contributed by atoms with Crippen LogP contribution in [0.25, 0.3) is 0 Å². The number of amides is 1. The van der Waals surface area contributed by atoms with E-state index in [9.17, 15) is 31.7 Å². The Balaban J connectivity index is 2.99. The highest BCUT2D eigenvalue weighted by atomic mass is 32.3. The summed E-state index contributed by atoms with van der Waals surface area (Å²) in [5, 5.41) is 11.1. The molecule has 9 nitrogen and oxygen atoms in total. The van der Waals surface area contributed by atoms with Gasteiger partial charge in [-0.15, -0.1) is 0 Å². The Morgan fingerprint density at radius 3 is 2.20 bits per heavy atom. The molecule has 0 atom stereocenters. The van der Waals surface area contributed by atoms with Gasteiger partial charge in [-0.1, -0.05) is 0 Å². The van der Waals surface area contributed by atoms with Crippen molar-refractivity contribution in [2.75, 3.05) is 24.0 Å². The van der Waals surface area contributed by atoms with Crippen molar-refractivity contribution in [3.63, 3.8) is 0 Å². The van der Waals surface area contributed by atoms with Gasteiger partial charge in [0.2, 0.25) is 5.91 Å². The van der Waals surface area contributed by atoms with Crippen LogP contribution < -0.4 is 4.90 Å². The third-order valence-electron chi connectivity index (χ3n) is 4.36. The lowest BCUT2D eigenvalue weighted by atomic mass is 10.1. The molecule has 0 unspecified atom stereocenters. The number of nitro groups is 1. The van der Waals surface area contributed by atoms with Crippen LogP contribution in [-0.2, 0) is 28.5 Å². The minimum absolute atomic E-state index is 0.0601. The average molecular weight is 390 g/mol. The van der Waals surface area contributed by atoms with E-state index in [4.69, 9.17) is 0 Å². The molecule has 0 fully saturated rings. The molecule has 0 radical (unpaired) electrons. The summed E-state index contributed by atoms with van der Waals surface area (Å²) in [6, 6.07) is 3.22. The van der Waals surface area contributed by atoms with Crippen molar-refractivity contribution in [2.24, 2.45) is 0 Å². The zero-order valence-corrected chi connectivity index (χ0v) is 15.6. The summed E-state index contributed by atoms with van der Waals surface area (Å²) in [5.41, 5.74) is -0.548. The van der Waals surface area contributed by atoms with Crippen molar-refractivity contribution < 1.29 is 26.6 Å². The molecule has 0 saturated heterocycles. The van der Waals surface area contributed by atoms with Gasteiger partial charge in [-0.2, -0.15) is 0 Å². The predicted octanol–water partition coefficient (Wildman–Crippen LogP) is 0.984. The summed E-state index contributed by atoms with van der Waals surface area (Å²) < 4.78 is 47.9. The highest BCUT2D eigenvalue weighted by molar-refractivity contribution is 8.09. The molecule has 0 saturated carbocycles. The summed E-state index contributed by atoms with van der Waals surface area (Å²) in [4.78, 5) is 23.5. The van der Waals surface area contributed by atoms with Gasteiger partial charge in [0.15, 0.2) is 23.8 Å². The van der Waals surface area contributed by atoms with Gasteiger partial charge in [0, 0.05) is 43.7 Å². The van der Waals surface area contributed by atoms with Gasteiger partial charge < -0.3 is 4.90 Å². The zero-order chi connectivity index (χ0) is 19.2. The number of anilines is 1. The van der Waals surface area contributed by atoms with Gasteiger partial charge in [0.25, 0.3) is 5.69 Å². The first-order valence-electron chi connectivity index (χ1n) is 7.29. The lowest BCUT2D eigenvalue weighted by Crippen LogP contribution is -2.42. The van der Waals surface area contributed by atoms with Crippen LogP contribution in [0.15, 0.2) is 18.2 Å². The number of nitrogens with zero attached hydrogens (tertiary/aromatic N) is 2. The summed E-state index contributed by atoms with van der Waals surface area (Å²) in [7, 11) is -8.32. The fourth-order valence-electron chi connectivity index (χ4n) is 3.28. The lowest BCUT2D eigenvalue weighted by molar-refractivity contribution is -0.384. The number of fused-ring (bicyclic) bond motifs is 1. The molecule has 0 aromatic heterocycles. The number of carbonyl (C=O) groups is 1. The van der Waals surface area contributed by atoms with Gasteiger partial charge in [-0.3, -0.25) is 14.9 Å². The normalized spacial score (nSPS) is 17.5. The minimum Gasteiger partial charge on any atom is -0.312 e. The van der Waals surface area contributed by atoms with E-state index in [0.717, 1.165) is 30.7 Å². The highest BCUT2D eigenvalue weighted by Gasteiger charge is 2.54. The van der Waals surface area contributed by atoms with E-state index in [1.807, 2.05) is 0 Å². The molecule has 1 aromatic rings. The van der Waals surface area contributed by atoms with Crippen molar-refractivity contribution >= 4 is 37.0 Å². The Morgan fingerprint density at radius 2 is 1.76 bits per heavy atom. The number of nitro benzene ring substituents is 1. The molecular weight excluding hydrogens is 372 g/mol. The fraction of sp³-hybridized carbons (Fsp3) is 0.500. The number of carbonyl (C=O) groups excluding carboxylic acids is 1. The molecular formula is C14H18N2O7S2. The van der Waals surface area contributed by atoms with E-state index in [1.165, 1.54) is 11.8 Å². The van der Waals surface area contributed by atoms with Crippen LogP contribution in [0.5, 0.6) is 0 Å². The molecule has 0 aliphatic carbocycles. The number of rotatable bonds is 3. The maximum atomic E-state index is 12.5. The monoisotopic (exact) mass is 390 g/mol. The highest BCUT2D eigenvalue weighted by Crippen LogP contribution is 2.47. The maximum absolute atomic E-state index is 12.5. The SMILES string of the molecule is CC(=O)N1CCCC(S(C)(=O)=O)(S(C)(=O)=O)c2ccc([N+](=O)[O-])cc21. The number of sulfone groups is 2. The molecule has 2 rings (SSSR count). The third-order valence-corrected chi connectivity index (χ3v) is 9.42. The second-order valence-corrected chi connectivity index (χ2v) is 10.8. The van der Waals surface area contributed by atoms with E-state index in [0.29, 0.717) is 0 Å². The molecule has 1 aromatic carbocycles. The van der Waals surface area contributed by atoms with Crippen LogP contribution in [-0.4, -0.2) is 46.7 Å². The molecule has 1 amide bonds. The standard InChI is InChI=1S/C14H18N2O7S2/c1-10(17)15-8-4-7-14(24(2,20)21,25(3,22)23)12-6-5-11(16(18)19)9-13(12)15/h5-6,9H,4,7-8H2,1-3H3. The van der Waals surface area contributed by atoms with Gasteiger partial charge in [0.05, 0.1) is 10.6 Å². The molecule has 0 bridgehead atoms. The van der Waals surface area contributed by atoms with Crippen molar-refractivity contribution in [2.45, 2.75) is 23.8 Å². The number of hydrogen-bond acceptors (Lipinski definition) is 7. The van der Waals surface area contributed by atoms with Crippen molar-refractivity contribution in [1.29, 1.82) is 0 Å². The van der Waals surface area contributed by atoms with Gasteiger partial charge in [-0.25, -0.2) is 16.8 Å². The Kier molecular flexibility index (Phi) is 4.68. The summed E-state index contributed by atoms with van der Waals surface area (Å²) in [6.07, 6.45) is 1.52. The van der Waals surface area contributed by atoms with Crippen molar-refractivity contribution in [3.8, 4) is 0 Å². The van der Waals surface area contributed by atoms with E-state index >= 15 is 0 Å². The molecule has 138 valence electrons. The van der Waals surface area contributed by atoms with E-state index in [1.54, 1.807) is 0 Å². The van der Waals surface area contributed by atoms with Crippen LogP contribution in [0.1, 0.15) is 25.3 Å².